The lowest BCUT2D eigenvalue weighted by Crippen LogP contribution is -2.05. The first-order valence-corrected chi connectivity index (χ1v) is 5.72. The van der Waals surface area contributed by atoms with Gasteiger partial charge in [-0.05, 0) is 17.5 Å². The average molecular weight is 250 g/mol. The lowest BCUT2D eigenvalue weighted by atomic mass is 10.3. The van der Waals surface area contributed by atoms with Crippen LogP contribution in [0.1, 0.15) is 4.88 Å². The summed E-state index contributed by atoms with van der Waals surface area (Å²) in [5.74, 6) is 0.452. The molecule has 2 heterocycles. The van der Waals surface area contributed by atoms with Gasteiger partial charge < -0.3 is 11.1 Å². The van der Waals surface area contributed by atoms with Gasteiger partial charge in [-0.1, -0.05) is 6.07 Å². The molecule has 17 heavy (non-hydrogen) atoms. The van der Waals surface area contributed by atoms with Crippen molar-refractivity contribution in [1.82, 2.24) is 4.98 Å². The lowest BCUT2D eigenvalue weighted by Gasteiger charge is -2.05. The smallest absolute Gasteiger partial charge is 0.311 e. The molecule has 0 saturated heterocycles. The molecule has 0 saturated carbocycles. The van der Waals surface area contributed by atoms with Crippen LogP contribution in [-0.2, 0) is 6.54 Å². The van der Waals surface area contributed by atoms with Crippen molar-refractivity contribution in [2.45, 2.75) is 6.54 Å². The van der Waals surface area contributed by atoms with Gasteiger partial charge in [0.15, 0.2) is 0 Å². The van der Waals surface area contributed by atoms with Gasteiger partial charge >= 0.3 is 5.69 Å². The number of nitrogens with one attached hydrogen (secondary N) is 1. The van der Waals surface area contributed by atoms with Crippen LogP contribution < -0.4 is 11.1 Å². The highest BCUT2D eigenvalue weighted by Crippen LogP contribution is 2.23. The van der Waals surface area contributed by atoms with E-state index in [0.29, 0.717) is 6.54 Å². The number of pyridine rings is 1. The number of aromatic nitrogens is 1. The number of thiophene rings is 1. The summed E-state index contributed by atoms with van der Waals surface area (Å²) in [5, 5.41) is 15.6. The van der Waals surface area contributed by atoms with Gasteiger partial charge in [-0.25, -0.2) is 4.98 Å². The van der Waals surface area contributed by atoms with Crippen LogP contribution in [0.5, 0.6) is 0 Å². The second-order valence-electron chi connectivity index (χ2n) is 3.29. The fourth-order valence-electron chi connectivity index (χ4n) is 1.33. The number of rotatable bonds is 4. The molecule has 0 aromatic carbocycles. The third-order valence-corrected chi connectivity index (χ3v) is 2.98. The highest BCUT2D eigenvalue weighted by molar-refractivity contribution is 7.09. The predicted octanol–water partition coefficient (Wildman–Crippen LogP) is 2.25. The Morgan fingerprint density at radius 3 is 2.94 bits per heavy atom. The highest BCUT2D eigenvalue weighted by atomic mass is 32.1. The molecule has 0 spiro atoms. The van der Waals surface area contributed by atoms with Gasteiger partial charge in [0.2, 0.25) is 5.82 Å². The van der Waals surface area contributed by atoms with Crippen molar-refractivity contribution in [3.8, 4) is 0 Å². The Labute approximate surface area is 101 Å². The Morgan fingerprint density at radius 1 is 1.47 bits per heavy atom. The lowest BCUT2D eigenvalue weighted by molar-refractivity contribution is -0.384. The van der Waals surface area contributed by atoms with Crippen molar-refractivity contribution < 1.29 is 4.92 Å². The molecule has 0 aliphatic heterocycles. The van der Waals surface area contributed by atoms with Crippen molar-refractivity contribution in [1.29, 1.82) is 0 Å². The van der Waals surface area contributed by atoms with E-state index < -0.39 is 4.92 Å². The second-order valence-corrected chi connectivity index (χ2v) is 4.33. The molecule has 0 aliphatic carbocycles. The fourth-order valence-corrected chi connectivity index (χ4v) is 1.97. The number of hydrogen-bond donors (Lipinski definition) is 2. The van der Waals surface area contributed by atoms with Crippen molar-refractivity contribution in [3.05, 3.63) is 44.6 Å². The van der Waals surface area contributed by atoms with Gasteiger partial charge in [0.25, 0.3) is 0 Å². The summed E-state index contributed by atoms with van der Waals surface area (Å²) in [5.41, 5.74) is 5.43. The van der Waals surface area contributed by atoms with E-state index in [-0.39, 0.29) is 17.3 Å². The SMILES string of the molecule is Nc1ccc([N+](=O)[O-])c(NCc2cccs2)n1. The molecular formula is C10H10N4O2S. The van der Waals surface area contributed by atoms with E-state index in [0.717, 1.165) is 4.88 Å². The van der Waals surface area contributed by atoms with Crippen LogP contribution in [0.2, 0.25) is 0 Å². The summed E-state index contributed by atoms with van der Waals surface area (Å²) in [6.45, 7) is 0.495. The number of anilines is 2. The van der Waals surface area contributed by atoms with E-state index >= 15 is 0 Å². The Hall–Kier alpha value is -2.15. The maximum atomic E-state index is 10.8. The quantitative estimate of drug-likeness (QED) is 0.641. The third kappa shape index (κ3) is 2.70. The Balaban J connectivity index is 2.19. The first-order valence-electron chi connectivity index (χ1n) is 4.84. The van der Waals surface area contributed by atoms with Crippen LogP contribution in [0.25, 0.3) is 0 Å². The molecule has 2 aromatic rings. The zero-order valence-corrected chi connectivity index (χ0v) is 9.61. The number of hydrogen-bond acceptors (Lipinski definition) is 6. The summed E-state index contributed by atoms with van der Waals surface area (Å²) in [6, 6.07) is 6.62. The summed E-state index contributed by atoms with van der Waals surface area (Å²) in [6.07, 6.45) is 0. The Morgan fingerprint density at radius 2 is 2.29 bits per heavy atom. The molecule has 0 atom stereocenters. The average Bonchev–Trinajstić information content (AvgIpc) is 2.78. The Kier molecular flexibility index (Phi) is 3.20. The standard InChI is InChI=1S/C10H10N4O2S/c11-9-4-3-8(14(15)16)10(13-9)12-6-7-2-1-5-17-7/h1-5H,6H2,(H3,11,12,13). The van der Waals surface area contributed by atoms with E-state index in [1.165, 1.54) is 12.1 Å². The maximum absolute atomic E-state index is 10.8. The van der Waals surface area contributed by atoms with E-state index in [4.69, 9.17) is 5.73 Å². The third-order valence-electron chi connectivity index (χ3n) is 2.10. The van der Waals surface area contributed by atoms with Crippen molar-refractivity contribution in [2.24, 2.45) is 0 Å². The van der Waals surface area contributed by atoms with E-state index in [1.54, 1.807) is 11.3 Å². The highest BCUT2D eigenvalue weighted by Gasteiger charge is 2.15. The molecule has 0 unspecified atom stereocenters. The minimum absolute atomic E-state index is 0.0734. The summed E-state index contributed by atoms with van der Waals surface area (Å²) < 4.78 is 0. The molecule has 3 N–H and O–H groups in total. The largest absolute Gasteiger partial charge is 0.384 e. The van der Waals surface area contributed by atoms with Crippen LogP contribution in [0.3, 0.4) is 0 Å². The predicted molar refractivity (Wildman–Crippen MR) is 66.9 cm³/mol. The molecule has 2 aromatic heterocycles. The first kappa shape index (κ1) is 11.3. The minimum atomic E-state index is -0.483. The summed E-state index contributed by atoms with van der Waals surface area (Å²) >= 11 is 1.57. The van der Waals surface area contributed by atoms with Crippen LogP contribution in [0.15, 0.2) is 29.6 Å². The van der Waals surface area contributed by atoms with Gasteiger partial charge in [0.1, 0.15) is 5.82 Å². The molecule has 0 amide bonds. The monoisotopic (exact) mass is 250 g/mol. The number of nitrogens with two attached hydrogens (primary N) is 1. The van der Waals surface area contributed by atoms with Crippen molar-refractivity contribution in [2.75, 3.05) is 11.1 Å². The minimum Gasteiger partial charge on any atom is -0.384 e. The molecule has 0 bridgehead atoms. The molecule has 0 fully saturated rings. The van der Waals surface area contributed by atoms with Gasteiger partial charge in [-0.15, -0.1) is 11.3 Å². The maximum Gasteiger partial charge on any atom is 0.311 e. The molecule has 88 valence electrons. The van der Waals surface area contributed by atoms with Crippen LogP contribution in [0, 0.1) is 10.1 Å². The number of nitrogens with zero attached hydrogens (tertiary/aromatic N) is 2. The van der Waals surface area contributed by atoms with E-state index in [1.807, 2.05) is 17.5 Å². The first-order chi connectivity index (χ1) is 8.16. The Bertz CT molecular complexity index is 527. The fraction of sp³-hybridized carbons (Fsp3) is 0.100. The van der Waals surface area contributed by atoms with Gasteiger partial charge in [0.05, 0.1) is 11.5 Å². The van der Waals surface area contributed by atoms with E-state index in [2.05, 4.69) is 10.3 Å². The topological polar surface area (TPSA) is 94.1 Å². The van der Waals surface area contributed by atoms with Crippen LogP contribution in [0.4, 0.5) is 17.3 Å². The van der Waals surface area contributed by atoms with Gasteiger partial charge in [-0.2, -0.15) is 0 Å². The molecule has 0 aliphatic rings. The number of nitrogen functional groups attached to an aromatic ring is 1. The zero-order valence-electron chi connectivity index (χ0n) is 8.79. The molecule has 0 radical (unpaired) electrons. The normalized spacial score (nSPS) is 10.1. The molecule has 7 heteroatoms. The summed E-state index contributed by atoms with van der Waals surface area (Å²) in [4.78, 5) is 15.3. The molecular weight excluding hydrogens is 240 g/mol. The molecule has 2 rings (SSSR count). The zero-order chi connectivity index (χ0) is 12.3. The van der Waals surface area contributed by atoms with Crippen LogP contribution >= 0.6 is 11.3 Å². The van der Waals surface area contributed by atoms with Crippen molar-refractivity contribution >= 4 is 28.7 Å². The van der Waals surface area contributed by atoms with E-state index in [9.17, 15) is 10.1 Å². The summed E-state index contributed by atoms with van der Waals surface area (Å²) in [7, 11) is 0. The van der Waals surface area contributed by atoms with Crippen molar-refractivity contribution in [3.63, 3.8) is 0 Å². The van der Waals surface area contributed by atoms with Gasteiger partial charge in [-0.3, -0.25) is 10.1 Å². The van der Waals surface area contributed by atoms with Gasteiger partial charge in [0, 0.05) is 10.9 Å². The second kappa shape index (κ2) is 4.79. The number of nitro groups is 1. The van der Waals surface area contributed by atoms with Crippen LogP contribution in [-0.4, -0.2) is 9.91 Å². The molecule has 6 nitrogen and oxygen atoms in total.